The summed E-state index contributed by atoms with van der Waals surface area (Å²) in [6.45, 7) is 1.31. The van der Waals surface area contributed by atoms with E-state index in [1.807, 2.05) is 0 Å². The number of ether oxygens (including phenoxy) is 2. The van der Waals surface area contributed by atoms with Crippen molar-refractivity contribution in [2.75, 3.05) is 13.2 Å². The molecule has 1 spiro atoms. The zero-order valence-electron chi connectivity index (χ0n) is 11.0. The molecule has 0 radical (unpaired) electrons. The molecule has 0 atom stereocenters. The maximum atomic E-state index is 10.8. The van der Waals surface area contributed by atoms with Crippen molar-refractivity contribution in [2.45, 2.75) is 74.8 Å². The standard InChI is InChI=1S/C14H24O4/c15-12(4-2-1-3-5-12)13(16)6-8-14(9-7-13)17-10-11-18-14/h15-16H,1-11H2. The van der Waals surface area contributed by atoms with Gasteiger partial charge in [-0.15, -0.1) is 0 Å². The Kier molecular flexibility index (Phi) is 3.17. The van der Waals surface area contributed by atoms with Gasteiger partial charge in [-0.3, -0.25) is 0 Å². The van der Waals surface area contributed by atoms with Gasteiger partial charge < -0.3 is 19.7 Å². The van der Waals surface area contributed by atoms with Gasteiger partial charge in [-0.1, -0.05) is 19.3 Å². The molecule has 3 aliphatic rings. The molecule has 3 rings (SSSR count). The molecule has 2 N–H and O–H groups in total. The first kappa shape index (κ1) is 12.9. The largest absolute Gasteiger partial charge is 0.387 e. The van der Waals surface area contributed by atoms with Crippen LogP contribution in [0.4, 0.5) is 0 Å². The van der Waals surface area contributed by atoms with Gasteiger partial charge in [0.05, 0.1) is 24.4 Å². The first-order valence-electron chi connectivity index (χ1n) is 7.30. The Morgan fingerprint density at radius 1 is 0.611 bits per heavy atom. The molecule has 0 unspecified atom stereocenters. The second-order valence-corrected chi connectivity index (χ2v) is 6.23. The number of hydrogen-bond acceptors (Lipinski definition) is 4. The molecule has 2 aliphatic carbocycles. The molecule has 4 heteroatoms. The molecule has 0 aromatic carbocycles. The van der Waals surface area contributed by atoms with Gasteiger partial charge in [-0.05, 0) is 25.7 Å². The van der Waals surface area contributed by atoms with Gasteiger partial charge in [0.1, 0.15) is 0 Å². The summed E-state index contributed by atoms with van der Waals surface area (Å²) < 4.78 is 11.4. The molecule has 18 heavy (non-hydrogen) atoms. The van der Waals surface area contributed by atoms with E-state index in [2.05, 4.69) is 0 Å². The van der Waals surface area contributed by atoms with Crippen molar-refractivity contribution in [1.82, 2.24) is 0 Å². The minimum absolute atomic E-state index is 0.461. The Labute approximate surface area is 108 Å². The van der Waals surface area contributed by atoms with E-state index in [9.17, 15) is 10.2 Å². The second kappa shape index (κ2) is 4.44. The SMILES string of the molecule is OC1(C2(O)CCC3(CC2)OCCO3)CCCCC1. The Morgan fingerprint density at radius 3 is 1.67 bits per heavy atom. The van der Waals surface area contributed by atoms with Gasteiger partial charge in [0.2, 0.25) is 0 Å². The molecule has 3 fully saturated rings. The molecule has 104 valence electrons. The summed E-state index contributed by atoms with van der Waals surface area (Å²) in [5, 5.41) is 21.6. The fourth-order valence-electron chi connectivity index (χ4n) is 3.90. The van der Waals surface area contributed by atoms with Gasteiger partial charge in [-0.2, -0.15) is 0 Å². The fraction of sp³-hybridized carbons (Fsp3) is 1.00. The van der Waals surface area contributed by atoms with E-state index in [4.69, 9.17) is 9.47 Å². The summed E-state index contributed by atoms with van der Waals surface area (Å²) in [4.78, 5) is 0. The molecule has 0 amide bonds. The highest BCUT2D eigenvalue weighted by Gasteiger charge is 2.54. The normalized spacial score (nSPS) is 33.7. The summed E-state index contributed by atoms with van der Waals surface area (Å²) in [6.07, 6.45) is 7.27. The van der Waals surface area contributed by atoms with Crippen LogP contribution in [-0.2, 0) is 9.47 Å². The van der Waals surface area contributed by atoms with E-state index in [0.29, 0.717) is 38.9 Å². The van der Waals surface area contributed by atoms with Crippen LogP contribution in [0.25, 0.3) is 0 Å². The molecule has 1 heterocycles. The average molecular weight is 256 g/mol. The average Bonchev–Trinajstić information content (AvgIpc) is 2.83. The fourth-order valence-corrected chi connectivity index (χ4v) is 3.90. The quantitative estimate of drug-likeness (QED) is 0.750. The second-order valence-electron chi connectivity index (χ2n) is 6.23. The summed E-state index contributed by atoms with van der Waals surface area (Å²) >= 11 is 0. The monoisotopic (exact) mass is 256 g/mol. The van der Waals surface area contributed by atoms with E-state index in [1.54, 1.807) is 0 Å². The first-order valence-corrected chi connectivity index (χ1v) is 7.30. The maximum absolute atomic E-state index is 10.8. The van der Waals surface area contributed by atoms with Crippen molar-refractivity contribution in [1.29, 1.82) is 0 Å². The number of hydrogen-bond donors (Lipinski definition) is 2. The van der Waals surface area contributed by atoms with Crippen molar-refractivity contribution in [3.63, 3.8) is 0 Å². The van der Waals surface area contributed by atoms with Crippen LogP contribution >= 0.6 is 0 Å². The predicted octanol–water partition coefficient (Wildman–Crippen LogP) is 1.73. The highest BCUT2D eigenvalue weighted by molar-refractivity contribution is 5.05. The van der Waals surface area contributed by atoms with E-state index >= 15 is 0 Å². The molecular weight excluding hydrogens is 232 g/mol. The van der Waals surface area contributed by atoms with E-state index in [0.717, 1.165) is 25.7 Å². The molecule has 0 aromatic rings. The Balaban J connectivity index is 1.69. The lowest BCUT2D eigenvalue weighted by Gasteiger charge is -2.50. The van der Waals surface area contributed by atoms with Crippen molar-refractivity contribution < 1.29 is 19.7 Å². The van der Waals surface area contributed by atoms with Crippen LogP contribution in [0.2, 0.25) is 0 Å². The smallest absolute Gasteiger partial charge is 0.168 e. The van der Waals surface area contributed by atoms with Crippen LogP contribution in [0.15, 0.2) is 0 Å². The summed E-state index contributed by atoms with van der Waals surface area (Å²) in [5.41, 5.74) is -1.82. The Hall–Kier alpha value is -0.160. The third kappa shape index (κ3) is 1.99. The van der Waals surface area contributed by atoms with Gasteiger partial charge in [-0.25, -0.2) is 0 Å². The third-order valence-electron chi connectivity index (χ3n) is 5.20. The minimum atomic E-state index is -0.937. The van der Waals surface area contributed by atoms with Crippen LogP contribution in [0.1, 0.15) is 57.8 Å². The van der Waals surface area contributed by atoms with E-state index < -0.39 is 17.0 Å². The zero-order valence-corrected chi connectivity index (χ0v) is 11.0. The molecule has 2 saturated carbocycles. The van der Waals surface area contributed by atoms with Crippen molar-refractivity contribution in [3.8, 4) is 0 Å². The highest BCUT2D eigenvalue weighted by atomic mass is 16.7. The summed E-state index contributed by atoms with van der Waals surface area (Å²) in [5.74, 6) is -0.461. The predicted molar refractivity (Wildman–Crippen MR) is 66.1 cm³/mol. The van der Waals surface area contributed by atoms with Crippen LogP contribution in [0, 0.1) is 0 Å². The number of aliphatic hydroxyl groups is 2. The van der Waals surface area contributed by atoms with Crippen LogP contribution in [-0.4, -0.2) is 40.4 Å². The Bertz CT molecular complexity index is 293. The van der Waals surface area contributed by atoms with Gasteiger partial charge in [0, 0.05) is 12.8 Å². The Morgan fingerprint density at radius 2 is 1.11 bits per heavy atom. The summed E-state index contributed by atoms with van der Waals surface area (Å²) in [7, 11) is 0. The van der Waals surface area contributed by atoms with Crippen LogP contribution in [0.5, 0.6) is 0 Å². The molecule has 1 saturated heterocycles. The number of rotatable bonds is 1. The zero-order chi connectivity index (χ0) is 12.7. The van der Waals surface area contributed by atoms with Gasteiger partial charge in [0.25, 0.3) is 0 Å². The van der Waals surface area contributed by atoms with Gasteiger partial charge >= 0.3 is 0 Å². The lowest BCUT2D eigenvalue weighted by molar-refractivity contribution is -0.243. The van der Waals surface area contributed by atoms with Gasteiger partial charge in [0.15, 0.2) is 5.79 Å². The molecular formula is C14H24O4. The van der Waals surface area contributed by atoms with Crippen molar-refractivity contribution in [2.24, 2.45) is 0 Å². The third-order valence-corrected chi connectivity index (χ3v) is 5.20. The minimum Gasteiger partial charge on any atom is -0.387 e. The maximum Gasteiger partial charge on any atom is 0.168 e. The highest BCUT2D eigenvalue weighted by Crippen LogP contribution is 2.48. The lowest BCUT2D eigenvalue weighted by atomic mass is 9.65. The molecule has 4 nitrogen and oxygen atoms in total. The topological polar surface area (TPSA) is 58.9 Å². The molecule has 1 aliphatic heterocycles. The molecule has 0 bridgehead atoms. The van der Waals surface area contributed by atoms with E-state index in [-0.39, 0.29) is 0 Å². The van der Waals surface area contributed by atoms with Crippen molar-refractivity contribution >= 4 is 0 Å². The van der Waals surface area contributed by atoms with Crippen LogP contribution in [0.3, 0.4) is 0 Å². The summed E-state index contributed by atoms with van der Waals surface area (Å²) in [6, 6.07) is 0. The molecule has 0 aromatic heterocycles. The van der Waals surface area contributed by atoms with Crippen molar-refractivity contribution in [3.05, 3.63) is 0 Å². The first-order chi connectivity index (χ1) is 8.58. The lowest BCUT2D eigenvalue weighted by Crippen LogP contribution is -2.59. The van der Waals surface area contributed by atoms with Crippen LogP contribution < -0.4 is 0 Å². The van der Waals surface area contributed by atoms with E-state index in [1.165, 1.54) is 6.42 Å².